The molecule has 2 amide bonds. The zero-order chi connectivity index (χ0) is 38.8. The minimum Gasteiger partial charge on any atom is -0.493 e. The number of benzene rings is 5. The number of hydrogen-bond donors (Lipinski definition) is 0. The molecule has 9 rings (SSSR count). The summed E-state index contributed by atoms with van der Waals surface area (Å²) in [5.41, 5.74) is 8.71. The van der Waals surface area contributed by atoms with Crippen molar-refractivity contribution in [2.24, 2.45) is 0 Å². The quantitative estimate of drug-likeness (QED) is 0.121. The summed E-state index contributed by atoms with van der Waals surface area (Å²) in [6.07, 6.45) is 1.57. The Kier molecular flexibility index (Phi) is 8.56. The van der Waals surface area contributed by atoms with Crippen molar-refractivity contribution in [3.8, 4) is 17.2 Å². The highest BCUT2D eigenvalue weighted by Gasteiger charge is 2.40. The van der Waals surface area contributed by atoms with Crippen LogP contribution in [0.4, 0.5) is 28.4 Å². The summed E-state index contributed by atoms with van der Waals surface area (Å²) in [4.78, 5) is 47.6. The fraction of sp³-hybridized carbons (Fsp3) is 0.273. The van der Waals surface area contributed by atoms with Gasteiger partial charge in [0.05, 0.1) is 46.6 Å². The molecule has 12 heteroatoms. The standard InChI is InChI=1S/C44H41N5O7/c1-26-13-34-38(45(2)22-32-17-29-9-5-7-11-36(29)47(32)43(34)50)20-40(26)55-24-27-14-28(16-31(15-27)49(52)53)25-56-42-21-39-35(19-41(42)54-4)44(51)48-33(23-46(39)3)18-30-10-6-8-12-37(30)48/h5-16,19-21,32-33H,17-18,22-25H2,1-4H3/t32-,33-/m0/s1. The van der Waals surface area contributed by atoms with Crippen molar-refractivity contribution < 1.29 is 28.7 Å². The molecule has 0 radical (unpaired) electrons. The molecule has 0 aromatic heterocycles. The lowest BCUT2D eigenvalue weighted by atomic mass is 10.1. The molecule has 0 saturated carbocycles. The van der Waals surface area contributed by atoms with Crippen LogP contribution in [-0.4, -0.2) is 63.1 Å². The summed E-state index contributed by atoms with van der Waals surface area (Å²) in [5.74, 6) is 1.26. The number of anilines is 4. The lowest BCUT2D eigenvalue weighted by Gasteiger charge is -2.25. The zero-order valence-electron chi connectivity index (χ0n) is 31.7. The van der Waals surface area contributed by atoms with Crippen LogP contribution in [0.3, 0.4) is 0 Å². The van der Waals surface area contributed by atoms with Crippen molar-refractivity contribution in [1.29, 1.82) is 0 Å². The number of ether oxygens (including phenoxy) is 3. The molecule has 4 aliphatic heterocycles. The van der Waals surface area contributed by atoms with Crippen molar-refractivity contribution >= 4 is 40.3 Å². The van der Waals surface area contributed by atoms with Gasteiger partial charge in [0, 0.05) is 62.8 Å². The molecule has 0 unspecified atom stereocenters. The Morgan fingerprint density at radius 1 is 0.661 bits per heavy atom. The van der Waals surface area contributed by atoms with Crippen molar-refractivity contribution in [2.45, 2.75) is 45.1 Å². The van der Waals surface area contributed by atoms with Crippen LogP contribution in [-0.2, 0) is 26.1 Å². The first-order chi connectivity index (χ1) is 27.1. The van der Waals surface area contributed by atoms with Gasteiger partial charge in [0.25, 0.3) is 17.5 Å². The van der Waals surface area contributed by atoms with Crippen molar-refractivity contribution in [3.05, 3.63) is 140 Å². The number of carbonyl (C=O) groups is 2. The normalized spacial score (nSPS) is 17.9. The van der Waals surface area contributed by atoms with E-state index >= 15 is 0 Å². The number of amides is 2. The van der Waals surface area contributed by atoms with Gasteiger partial charge < -0.3 is 33.8 Å². The van der Waals surface area contributed by atoms with Crippen molar-refractivity contribution in [2.75, 3.05) is 53.9 Å². The fourth-order valence-corrected chi connectivity index (χ4v) is 8.82. The summed E-state index contributed by atoms with van der Waals surface area (Å²) in [7, 11) is 5.48. The number of rotatable bonds is 8. The van der Waals surface area contributed by atoms with E-state index in [1.807, 2.05) is 91.5 Å². The molecular weight excluding hydrogens is 711 g/mol. The third-order valence-electron chi connectivity index (χ3n) is 11.4. The molecule has 0 spiro atoms. The van der Waals surface area contributed by atoms with Crippen LogP contribution in [0.2, 0.25) is 0 Å². The van der Waals surface area contributed by atoms with Gasteiger partial charge in [0.1, 0.15) is 19.0 Å². The molecule has 4 aliphatic rings. The Bertz CT molecular complexity index is 2450. The number of aryl methyl sites for hydroxylation is 1. The zero-order valence-corrected chi connectivity index (χ0v) is 31.7. The number of nitrogens with zero attached hydrogens (tertiary/aromatic N) is 5. The maximum atomic E-state index is 14.0. The largest absolute Gasteiger partial charge is 0.493 e. The van der Waals surface area contributed by atoms with E-state index in [4.69, 9.17) is 14.2 Å². The summed E-state index contributed by atoms with van der Waals surface area (Å²) in [6, 6.07) is 28.2. The van der Waals surface area contributed by atoms with Crippen LogP contribution in [0.1, 0.15) is 48.5 Å². The van der Waals surface area contributed by atoms with E-state index in [1.165, 1.54) is 24.8 Å². The van der Waals surface area contributed by atoms with E-state index < -0.39 is 4.92 Å². The number of likely N-dealkylation sites (N-methyl/N-ethyl adjacent to an activating group) is 2. The van der Waals surface area contributed by atoms with Crippen LogP contribution >= 0.6 is 0 Å². The van der Waals surface area contributed by atoms with Crippen LogP contribution < -0.4 is 33.8 Å². The maximum Gasteiger partial charge on any atom is 0.270 e. The molecular formula is C44H41N5O7. The van der Waals surface area contributed by atoms with Crippen molar-refractivity contribution in [3.63, 3.8) is 0 Å². The van der Waals surface area contributed by atoms with E-state index in [1.54, 1.807) is 6.07 Å². The van der Waals surface area contributed by atoms with Gasteiger partial charge >= 0.3 is 0 Å². The first-order valence-electron chi connectivity index (χ1n) is 18.7. The number of hydrogen-bond acceptors (Lipinski definition) is 9. The predicted molar refractivity (Wildman–Crippen MR) is 214 cm³/mol. The lowest BCUT2D eigenvalue weighted by Crippen LogP contribution is -2.41. The molecule has 56 heavy (non-hydrogen) atoms. The molecule has 2 atom stereocenters. The van der Waals surface area contributed by atoms with E-state index in [-0.39, 0.29) is 42.8 Å². The number of nitro benzene ring substituents is 1. The Balaban J connectivity index is 0.951. The van der Waals surface area contributed by atoms with Crippen LogP contribution in [0.25, 0.3) is 0 Å². The van der Waals surface area contributed by atoms with Gasteiger partial charge in [-0.05, 0) is 77.9 Å². The topological polar surface area (TPSA) is 118 Å². The maximum absolute atomic E-state index is 14.0. The minimum atomic E-state index is -0.431. The Morgan fingerprint density at radius 2 is 1.16 bits per heavy atom. The van der Waals surface area contributed by atoms with Crippen molar-refractivity contribution in [1.82, 2.24) is 0 Å². The second-order valence-corrected chi connectivity index (χ2v) is 15.1. The van der Waals surface area contributed by atoms with E-state index in [2.05, 4.69) is 21.9 Å². The number of para-hydroxylation sites is 2. The van der Waals surface area contributed by atoms with E-state index in [0.717, 1.165) is 46.7 Å². The molecule has 0 saturated heterocycles. The second kappa shape index (κ2) is 13.6. The van der Waals surface area contributed by atoms with Crippen LogP contribution in [0.5, 0.6) is 17.2 Å². The number of carbonyl (C=O) groups excluding carboxylic acids is 2. The highest BCUT2D eigenvalue weighted by atomic mass is 16.6. The summed E-state index contributed by atoms with van der Waals surface area (Å²) in [6.45, 7) is 3.27. The molecule has 284 valence electrons. The van der Waals surface area contributed by atoms with Gasteiger partial charge in [0.15, 0.2) is 11.5 Å². The third kappa shape index (κ3) is 5.92. The first-order valence-corrected chi connectivity index (χ1v) is 18.7. The first kappa shape index (κ1) is 35.2. The number of methoxy groups -OCH3 is 1. The Morgan fingerprint density at radius 3 is 1.70 bits per heavy atom. The van der Waals surface area contributed by atoms with E-state index in [9.17, 15) is 19.7 Å². The summed E-state index contributed by atoms with van der Waals surface area (Å²) in [5, 5.41) is 12.1. The van der Waals surface area contributed by atoms with Crippen LogP contribution in [0, 0.1) is 17.0 Å². The highest BCUT2D eigenvalue weighted by Crippen LogP contribution is 2.43. The van der Waals surface area contributed by atoms with Gasteiger partial charge in [-0.25, -0.2) is 0 Å². The molecule has 0 fully saturated rings. The lowest BCUT2D eigenvalue weighted by molar-refractivity contribution is -0.385. The number of non-ortho nitro benzene ring substituents is 1. The number of fused-ring (bicyclic) bond motifs is 8. The van der Waals surface area contributed by atoms with Crippen LogP contribution in [0.15, 0.2) is 91.0 Å². The van der Waals surface area contributed by atoms with Gasteiger partial charge in [-0.2, -0.15) is 0 Å². The van der Waals surface area contributed by atoms with Gasteiger partial charge in [-0.1, -0.05) is 36.4 Å². The number of nitro groups is 1. The average molecular weight is 752 g/mol. The van der Waals surface area contributed by atoms with Gasteiger partial charge in [-0.15, -0.1) is 0 Å². The smallest absolute Gasteiger partial charge is 0.270 e. The molecule has 0 aliphatic carbocycles. The van der Waals surface area contributed by atoms with Gasteiger partial charge in [-0.3, -0.25) is 19.7 Å². The molecule has 5 aromatic carbocycles. The highest BCUT2D eigenvalue weighted by molar-refractivity contribution is 6.13. The third-order valence-corrected chi connectivity index (χ3v) is 11.4. The molecule has 12 nitrogen and oxygen atoms in total. The molecule has 4 heterocycles. The molecule has 0 bridgehead atoms. The monoisotopic (exact) mass is 751 g/mol. The molecule has 0 N–H and O–H groups in total. The average Bonchev–Trinajstić information content (AvgIpc) is 3.70. The summed E-state index contributed by atoms with van der Waals surface area (Å²) >= 11 is 0. The van der Waals surface area contributed by atoms with Gasteiger partial charge in [0.2, 0.25) is 0 Å². The second-order valence-electron chi connectivity index (χ2n) is 15.1. The molecule has 5 aromatic rings. The minimum absolute atomic E-state index is 0.00738. The van der Waals surface area contributed by atoms with E-state index in [0.29, 0.717) is 52.6 Å². The SMILES string of the molecule is COc1cc2c(cc1OCc1cc(COc3cc4c(cc3C)C(=O)N3c5ccccc5C[C@H]3CN4C)cc([N+](=O)[O-])c1)N(C)C[C@@H]1Cc3ccccc3N1C2=O. The fourth-order valence-electron chi connectivity index (χ4n) is 8.82. The Hall–Kier alpha value is -6.56. The predicted octanol–water partition coefficient (Wildman–Crippen LogP) is 7.11. The Labute approximate surface area is 324 Å². The summed E-state index contributed by atoms with van der Waals surface area (Å²) < 4.78 is 18.3.